The molecule has 2 N–H and O–H groups in total. The monoisotopic (exact) mass is 212 g/mol. The molecule has 0 aromatic carbocycles. The van der Waals surface area contributed by atoms with E-state index in [4.69, 9.17) is 4.74 Å². The first kappa shape index (κ1) is 12.4. The molecule has 4 atom stereocenters. The van der Waals surface area contributed by atoms with Crippen molar-refractivity contribution in [3.8, 4) is 0 Å². The lowest BCUT2D eigenvalue weighted by molar-refractivity contribution is -0.0726. The molecule has 0 radical (unpaired) electrons. The zero-order chi connectivity index (χ0) is 11.3. The lowest BCUT2D eigenvalue weighted by Crippen LogP contribution is -2.30. The highest BCUT2D eigenvalue weighted by Crippen LogP contribution is 2.26. The summed E-state index contributed by atoms with van der Waals surface area (Å²) in [4.78, 5) is 0. The number of ether oxygens (including phenoxy) is 1. The highest BCUT2D eigenvalue weighted by atomic mass is 16.5. The molecule has 1 saturated heterocycles. The van der Waals surface area contributed by atoms with E-state index in [0.29, 0.717) is 12.8 Å². The van der Waals surface area contributed by atoms with Crippen LogP contribution in [0.5, 0.6) is 0 Å². The fraction of sp³-hybridized carbons (Fsp3) is 0.667. The minimum atomic E-state index is -0.497. The Labute approximate surface area is 91.1 Å². The second-order valence-corrected chi connectivity index (χ2v) is 3.97. The van der Waals surface area contributed by atoms with Gasteiger partial charge in [0.25, 0.3) is 0 Å². The zero-order valence-corrected chi connectivity index (χ0v) is 9.01. The van der Waals surface area contributed by atoms with Gasteiger partial charge in [-0.25, -0.2) is 0 Å². The first-order chi connectivity index (χ1) is 7.19. The van der Waals surface area contributed by atoms with E-state index in [9.17, 15) is 10.2 Å². The molecule has 0 amide bonds. The molecule has 3 heteroatoms. The first-order valence-electron chi connectivity index (χ1n) is 5.42. The van der Waals surface area contributed by atoms with Crippen LogP contribution in [0.4, 0.5) is 0 Å². The Bertz CT molecular complexity index is 193. The highest BCUT2D eigenvalue weighted by Gasteiger charge is 2.33. The fourth-order valence-corrected chi connectivity index (χ4v) is 1.90. The predicted octanol–water partition coefficient (Wildman–Crippen LogP) is 1.41. The average Bonchev–Trinajstić information content (AvgIpc) is 2.67. The average molecular weight is 212 g/mol. The molecular formula is C12H20O3. The molecule has 1 rings (SSSR count). The number of aliphatic hydroxyl groups is 2. The van der Waals surface area contributed by atoms with Crippen molar-refractivity contribution in [2.75, 3.05) is 0 Å². The third-order valence-corrected chi connectivity index (χ3v) is 2.76. The van der Waals surface area contributed by atoms with Crippen LogP contribution in [-0.4, -0.2) is 34.6 Å². The minimum Gasteiger partial charge on any atom is -0.390 e. The summed E-state index contributed by atoms with van der Waals surface area (Å²) in [6.45, 7) is 7.15. The molecule has 1 heterocycles. The van der Waals surface area contributed by atoms with Crippen LogP contribution < -0.4 is 0 Å². The van der Waals surface area contributed by atoms with E-state index >= 15 is 0 Å². The van der Waals surface area contributed by atoms with Crippen molar-refractivity contribution in [3.05, 3.63) is 25.3 Å². The van der Waals surface area contributed by atoms with E-state index in [1.807, 2.05) is 0 Å². The third kappa shape index (κ3) is 3.45. The van der Waals surface area contributed by atoms with Crippen LogP contribution in [0.1, 0.15) is 25.7 Å². The molecule has 0 unspecified atom stereocenters. The van der Waals surface area contributed by atoms with Gasteiger partial charge in [0, 0.05) is 0 Å². The smallest absolute Gasteiger partial charge is 0.0843 e. The number of rotatable bonds is 6. The molecule has 86 valence electrons. The normalized spacial score (nSPS) is 29.7. The standard InChI is InChI=1S/C12H20O3/c1-3-5-9(13)11-7-8-12(15-11)10(14)6-4-2/h3-4,9-14H,1-2,5-8H2/t9-,10-,11-,12+/m0/s1. The quantitative estimate of drug-likeness (QED) is 0.654. The van der Waals surface area contributed by atoms with Crippen molar-refractivity contribution in [2.24, 2.45) is 0 Å². The summed E-state index contributed by atoms with van der Waals surface area (Å²) in [5, 5.41) is 19.4. The van der Waals surface area contributed by atoms with Gasteiger partial charge in [0.2, 0.25) is 0 Å². The fourth-order valence-electron chi connectivity index (χ4n) is 1.90. The Kier molecular flexibility index (Phi) is 5.02. The number of aliphatic hydroxyl groups excluding tert-OH is 2. The van der Waals surface area contributed by atoms with Crippen LogP contribution in [0, 0.1) is 0 Å². The summed E-state index contributed by atoms with van der Waals surface area (Å²) in [6, 6.07) is 0. The molecule has 0 aliphatic carbocycles. The van der Waals surface area contributed by atoms with Gasteiger partial charge in [-0.15, -0.1) is 13.2 Å². The third-order valence-electron chi connectivity index (χ3n) is 2.76. The van der Waals surface area contributed by atoms with Crippen molar-refractivity contribution >= 4 is 0 Å². The number of hydrogen-bond donors (Lipinski definition) is 2. The van der Waals surface area contributed by atoms with Gasteiger partial charge in [0.15, 0.2) is 0 Å². The molecular weight excluding hydrogens is 192 g/mol. The lowest BCUT2D eigenvalue weighted by Gasteiger charge is -2.20. The molecule has 1 aliphatic rings. The molecule has 0 spiro atoms. The molecule has 3 nitrogen and oxygen atoms in total. The first-order valence-corrected chi connectivity index (χ1v) is 5.42. The van der Waals surface area contributed by atoms with Gasteiger partial charge in [0.1, 0.15) is 0 Å². The minimum absolute atomic E-state index is 0.160. The largest absolute Gasteiger partial charge is 0.390 e. The van der Waals surface area contributed by atoms with Gasteiger partial charge in [-0.3, -0.25) is 0 Å². The lowest BCUT2D eigenvalue weighted by atomic mass is 10.0. The topological polar surface area (TPSA) is 49.7 Å². The number of hydrogen-bond acceptors (Lipinski definition) is 3. The molecule has 0 aromatic rings. The van der Waals surface area contributed by atoms with Crippen LogP contribution in [-0.2, 0) is 4.74 Å². The molecule has 0 bridgehead atoms. The molecule has 0 saturated carbocycles. The van der Waals surface area contributed by atoms with E-state index < -0.39 is 12.2 Å². The van der Waals surface area contributed by atoms with Crippen LogP contribution in [0.3, 0.4) is 0 Å². The van der Waals surface area contributed by atoms with Gasteiger partial charge in [0.05, 0.1) is 24.4 Å². The summed E-state index contributed by atoms with van der Waals surface area (Å²) in [6.07, 6.45) is 4.72. The van der Waals surface area contributed by atoms with Crippen LogP contribution in [0.25, 0.3) is 0 Å². The predicted molar refractivity (Wildman–Crippen MR) is 59.5 cm³/mol. The second-order valence-electron chi connectivity index (χ2n) is 3.97. The summed E-state index contributed by atoms with van der Waals surface area (Å²) >= 11 is 0. The van der Waals surface area contributed by atoms with Crippen LogP contribution in [0.2, 0.25) is 0 Å². The van der Waals surface area contributed by atoms with Gasteiger partial charge in [-0.05, 0) is 25.7 Å². The molecule has 1 aliphatic heterocycles. The van der Waals surface area contributed by atoms with Gasteiger partial charge in [-0.1, -0.05) is 12.2 Å². The summed E-state index contributed by atoms with van der Waals surface area (Å²) < 4.78 is 5.59. The molecule has 0 aromatic heterocycles. The van der Waals surface area contributed by atoms with Crippen molar-refractivity contribution in [1.29, 1.82) is 0 Å². The molecule has 15 heavy (non-hydrogen) atoms. The SMILES string of the molecule is C=CC[C@H](O)[C@@H]1CC[C@H]([C@@H](O)CC=C)O1. The molecule has 1 fully saturated rings. The Hall–Kier alpha value is -0.640. The summed E-state index contributed by atoms with van der Waals surface area (Å²) in [7, 11) is 0. The zero-order valence-electron chi connectivity index (χ0n) is 9.01. The van der Waals surface area contributed by atoms with Crippen molar-refractivity contribution < 1.29 is 14.9 Å². The Balaban J connectivity index is 2.37. The van der Waals surface area contributed by atoms with E-state index in [1.54, 1.807) is 12.2 Å². The summed E-state index contributed by atoms with van der Waals surface area (Å²) in [5.41, 5.74) is 0. The van der Waals surface area contributed by atoms with E-state index in [-0.39, 0.29) is 12.2 Å². The van der Waals surface area contributed by atoms with Crippen LogP contribution in [0.15, 0.2) is 25.3 Å². The maximum atomic E-state index is 9.68. The van der Waals surface area contributed by atoms with Crippen molar-refractivity contribution in [1.82, 2.24) is 0 Å². The van der Waals surface area contributed by atoms with Gasteiger partial charge >= 0.3 is 0 Å². The Morgan fingerprint density at radius 1 is 1.07 bits per heavy atom. The van der Waals surface area contributed by atoms with E-state index in [1.165, 1.54) is 0 Å². The maximum Gasteiger partial charge on any atom is 0.0843 e. The van der Waals surface area contributed by atoms with Gasteiger partial charge in [-0.2, -0.15) is 0 Å². The Morgan fingerprint density at radius 3 is 1.80 bits per heavy atom. The summed E-state index contributed by atoms with van der Waals surface area (Å²) in [5.74, 6) is 0. The van der Waals surface area contributed by atoms with Crippen molar-refractivity contribution in [3.63, 3.8) is 0 Å². The van der Waals surface area contributed by atoms with E-state index in [0.717, 1.165) is 12.8 Å². The Morgan fingerprint density at radius 2 is 1.47 bits per heavy atom. The highest BCUT2D eigenvalue weighted by molar-refractivity contribution is 4.88. The van der Waals surface area contributed by atoms with Crippen molar-refractivity contribution in [2.45, 2.75) is 50.1 Å². The van der Waals surface area contributed by atoms with Gasteiger partial charge < -0.3 is 14.9 Å². The van der Waals surface area contributed by atoms with Crippen LogP contribution >= 0.6 is 0 Å². The van der Waals surface area contributed by atoms with E-state index in [2.05, 4.69) is 13.2 Å². The maximum absolute atomic E-state index is 9.68. The second kappa shape index (κ2) is 6.05.